The molecule has 154 valence electrons. The summed E-state index contributed by atoms with van der Waals surface area (Å²) in [4.78, 5) is 12.5. The summed E-state index contributed by atoms with van der Waals surface area (Å²) in [5.41, 5.74) is 1.19. The zero-order chi connectivity index (χ0) is 20.6. The third-order valence-electron chi connectivity index (χ3n) is 6.27. The highest BCUT2D eigenvalue weighted by Crippen LogP contribution is 2.60. The number of fused-ring (bicyclic) bond motifs is 1. The van der Waals surface area contributed by atoms with Crippen molar-refractivity contribution in [3.63, 3.8) is 0 Å². The van der Waals surface area contributed by atoms with Crippen LogP contribution in [-0.4, -0.2) is 25.6 Å². The van der Waals surface area contributed by atoms with Gasteiger partial charge in [0.05, 0.1) is 5.25 Å². The van der Waals surface area contributed by atoms with Crippen molar-refractivity contribution < 1.29 is 13.2 Å². The van der Waals surface area contributed by atoms with E-state index in [1.807, 2.05) is 18.2 Å². The summed E-state index contributed by atoms with van der Waals surface area (Å²) >= 11 is 5.89. The molecule has 7 heteroatoms. The van der Waals surface area contributed by atoms with E-state index in [0.29, 0.717) is 46.9 Å². The van der Waals surface area contributed by atoms with Crippen LogP contribution in [-0.2, 0) is 10.0 Å². The van der Waals surface area contributed by atoms with Gasteiger partial charge in [0.15, 0.2) is 0 Å². The molecule has 2 aromatic rings. The third-order valence-corrected chi connectivity index (χ3v) is 8.30. The van der Waals surface area contributed by atoms with E-state index in [4.69, 9.17) is 11.6 Å². The Morgan fingerprint density at radius 2 is 1.69 bits per heavy atom. The van der Waals surface area contributed by atoms with Gasteiger partial charge in [0.1, 0.15) is 0 Å². The first kappa shape index (κ1) is 20.2. The van der Waals surface area contributed by atoms with Crippen LogP contribution >= 0.6 is 11.6 Å². The summed E-state index contributed by atoms with van der Waals surface area (Å²) < 4.78 is 28.1. The highest BCUT2D eigenvalue weighted by molar-refractivity contribution is 7.93. The quantitative estimate of drug-likeness (QED) is 0.684. The summed E-state index contributed by atoms with van der Waals surface area (Å²) in [5, 5.41) is 3.38. The second kappa shape index (κ2) is 8.00. The Labute approximate surface area is 176 Å². The van der Waals surface area contributed by atoms with E-state index in [1.54, 1.807) is 36.4 Å². The van der Waals surface area contributed by atoms with Crippen LogP contribution in [0.3, 0.4) is 0 Å². The minimum absolute atomic E-state index is 0.0684. The molecule has 2 aliphatic carbocycles. The van der Waals surface area contributed by atoms with Crippen molar-refractivity contribution in [1.29, 1.82) is 0 Å². The highest BCUT2D eigenvalue weighted by Gasteiger charge is 2.60. The van der Waals surface area contributed by atoms with Crippen LogP contribution in [0.15, 0.2) is 54.6 Å². The zero-order valence-electron chi connectivity index (χ0n) is 16.2. The lowest BCUT2D eigenvalue weighted by atomic mass is 10.0. The van der Waals surface area contributed by atoms with E-state index < -0.39 is 10.0 Å². The smallest absolute Gasteiger partial charge is 0.251 e. The molecule has 3 unspecified atom stereocenters. The molecule has 0 spiro atoms. The molecule has 5 nitrogen and oxygen atoms in total. The fourth-order valence-electron chi connectivity index (χ4n) is 4.77. The van der Waals surface area contributed by atoms with Gasteiger partial charge in [-0.15, -0.1) is 0 Å². The average molecular weight is 433 g/mol. The number of hydrogen-bond acceptors (Lipinski definition) is 3. The second-order valence-electron chi connectivity index (χ2n) is 8.01. The first-order valence-electron chi connectivity index (χ1n) is 10.0. The molecular formula is C22H25ClN2O3S. The summed E-state index contributed by atoms with van der Waals surface area (Å²) in [6, 6.07) is 15.9. The molecule has 0 aliphatic heterocycles. The molecule has 0 aromatic heterocycles. The lowest BCUT2D eigenvalue weighted by Gasteiger charge is -2.22. The number of hydrogen-bond donors (Lipinski definition) is 2. The standard InChI is InChI=1S/C22H25ClN2O3S/c1-2-20(24-22(26)14-8-10-15(23)11-9-14)21-18-12-17(13-19(18)21)29(27,28)25-16-6-4-3-5-7-16/h3-11,17-21,25H,2,12-13H2,1H3,(H,24,26). The number of amides is 1. The summed E-state index contributed by atoms with van der Waals surface area (Å²) in [7, 11) is -3.39. The molecule has 2 saturated carbocycles. The maximum absolute atomic E-state index is 12.7. The molecule has 2 fully saturated rings. The number of benzene rings is 2. The van der Waals surface area contributed by atoms with Gasteiger partial charge in [0.2, 0.25) is 10.0 Å². The predicted molar refractivity (Wildman–Crippen MR) is 115 cm³/mol. The van der Waals surface area contributed by atoms with Crippen molar-refractivity contribution in [2.45, 2.75) is 37.5 Å². The molecule has 2 aliphatic rings. The van der Waals surface area contributed by atoms with Gasteiger partial charge >= 0.3 is 0 Å². The Bertz CT molecular complexity index is 967. The number of para-hydroxylation sites is 1. The van der Waals surface area contributed by atoms with Crippen LogP contribution in [0.2, 0.25) is 5.02 Å². The maximum atomic E-state index is 12.7. The molecule has 4 rings (SSSR count). The van der Waals surface area contributed by atoms with Crippen LogP contribution in [0.1, 0.15) is 36.5 Å². The molecule has 0 bridgehead atoms. The largest absolute Gasteiger partial charge is 0.349 e. The van der Waals surface area contributed by atoms with Crippen LogP contribution in [0.25, 0.3) is 0 Å². The fraction of sp³-hybridized carbons (Fsp3) is 0.409. The monoisotopic (exact) mass is 432 g/mol. The molecule has 1 amide bonds. The molecule has 2 aromatic carbocycles. The van der Waals surface area contributed by atoms with Crippen molar-refractivity contribution in [3.8, 4) is 0 Å². The van der Waals surface area contributed by atoms with Gasteiger partial charge < -0.3 is 5.32 Å². The van der Waals surface area contributed by atoms with Gasteiger partial charge in [-0.1, -0.05) is 36.7 Å². The SMILES string of the molecule is CCC(NC(=O)c1ccc(Cl)cc1)C1C2CC(S(=O)(=O)Nc3ccccc3)CC21. The predicted octanol–water partition coefficient (Wildman–Crippen LogP) is 4.31. The number of anilines is 1. The molecule has 2 N–H and O–H groups in total. The van der Waals surface area contributed by atoms with Crippen molar-refractivity contribution in [3.05, 3.63) is 65.2 Å². The molecule has 29 heavy (non-hydrogen) atoms. The van der Waals surface area contributed by atoms with E-state index >= 15 is 0 Å². The van der Waals surface area contributed by atoms with Gasteiger partial charge in [0.25, 0.3) is 5.91 Å². The Hall–Kier alpha value is -2.05. The van der Waals surface area contributed by atoms with Gasteiger partial charge in [-0.3, -0.25) is 9.52 Å². The Balaban J connectivity index is 1.35. The van der Waals surface area contributed by atoms with Crippen molar-refractivity contribution >= 4 is 33.2 Å². The Kier molecular flexibility index (Phi) is 5.58. The van der Waals surface area contributed by atoms with Crippen LogP contribution in [0.5, 0.6) is 0 Å². The number of rotatable bonds is 7. The van der Waals surface area contributed by atoms with E-state index in [9.17, 15) is 13.2 Å². The zero-order valence-corrected chi connectivity index (χ0v) is 17.8. The lowest BCUT2D eigenvalue weighted by Crippen LogP contribution is -2.38. The fourth-order valence-corrected chi connectivity index (χ4v) is 6.48. The molecule has 0 heterocycles. The first-order chi connectivity index (χ1) is 13.9. The molecule has 0 radical (unpaired) electrons. The average Bonchev–Trinajstić information content (AvgIpc) is 3.18. The molecular weight excluding hydrogens is 408 g/mol. The maximum Gasteiger partial charge on any atom is 0.251 e. The summed E-state index contributed by atoms with van der Waals surface area (Å²) in [6.45, 7) is 2.06. The number of carbonyl (C=O) groups excluding carboxylic acids is 1. The van der Waals surface area contributed by atoms with Crippen molar-refractivity contribution in [2.75, 3.05) is 4.72 Å². The van der Waals surface area contributed by atoms with E-state index in [-0.39, 0.29) is 17.2 Å². The van der Waals surface area contributed by atoms with Crippen LogP contribution < -0.4 is 10.0 Å². The van der Waals surface area contributed by atoms with E-state index in [1.165, 1.54) is 0 Å². The van der Waals surface area contributed by atoms with Gasteiger partial charge in [-0.2, -0.15) is 0 Å². The number of nitrogens with one attached hydrogen (secondary N) is 2. The third kappa shape index (κ3) is 4.28. The second-order valence-corrected chi connectivity index (χ2v) is 10.4. The minimum Gasteiger partial charge on any atom is -0.349 e. The molecule has 0 saturated heterocycles. The first-order valence-corrected chi connectivity index (χ1v) is 11.9. The van der Waals surface area contributed by atoms with E-state index in [0.717, 1.165) is 6.42 Å². The van der Waals surface area contributed by atoms with Gasteiger partial charge in [0, 0.05) is 22.3 Å². The topological polar surface area (TPSA) is 75.3 Å². The number of carbonyl (C=O) groups is 1. The molecule has 3 atom stereocenters. The van der Waals surface area contributed by atoms with Crippen molar-refractivity contribution in [2.24, 2.45) is 17.8 Å². The lowest BCUT2D eigenvalue weighted by molar-refractivity contribution is 0.0927. The number of sulfonamides is 1. The van der Waals surface area contributed by atoms with Gasteiger partial charge in [-0.05, 0) is 73.4 Å². The van der Waals surface area contributed by atoms with E-state index in [2.05, 4.69) is 17.0 Å². The number of halogens is 1. The normalized spacial score (nSPS) is 26.4. The van der Waals surface area contributed by atoms with Crippen molar-refractivity contribution in [1.82, 2.24) is 5.32 Å². The summed E-state index contributed by atoms with van der Waals surface area (Å²) in [6.07, 6.45) is 2.15. The van der Waals surface area contributed by atoms with Gasteiger partial charge in [-0.25, -0.2) is 8.42 Å². The Morgan fingerprint density at radius 3 is 2.28 bits per heavy atom. The Morgan fingerprint density at radius 1 is 1.07 bits per heavy atom. The minimum atomic E-state index is -3.39. The summed E-state index contributed by atoms with van der Waals surface area (Å²) in [5.74, 6) is 0.985. The van der Waals surface area contributed by atoms with Crippen LogP contribution in [0.4, 0.5) is 5.69 Å². The highest BCUT2D eigenvalue weighted by atomic mass is 35.5. The van der Waals surface area contributed by atoms with Crippen LogP contribution in [0, 0.1) is 17.8 Å².